The maximum absolute atomic E-state index is 5.72. The number of benzene rings is 2. The molecule has 0 atom stereocenters. The third-order valence-electron chi connectivity index (χ3n) is 3.31. The van der Waals surface area contributed by atoms with Gasteiger partial charge >= 0.3 is 0 Å². The number of aromatic nitrogens is 1. The summed E-state index contributed by atoms with van der Waals surface area (Å²) in [5, 5.41) is 3.41. The summed E-state index contributed by atoms with van der Waals surface area (Å²) in [6.45, 7) is 0. The second-order valence-corrected chi connectivity index (χ2v) is 4.91. The molecule has 0 radical (unpaired) electrons. The number of hydrogen-bond donors (Lipinski definition) is 2. The van der Waals surface area contributed by atoms with Crippen molar-refractivity contribution in [2.24, 2.45) is 0 Å². The number of nitrogens with one attached hydrogen (secondary N) is 1. The topological polar surface area (TPSA) is 50.9 Å². The Bertz CT molecular complexity index is 723. The van der Waals surface area contributed by atoms with Gasteiger partial charge in [-0.1, -0.05) is 48.5 Å². The normalized spacial score (nSPS) is 10.3. The van der Waals surface area contributed by atoms with Crippen LogP contribution in [0.5, 0.6) is 0 Å². The highest BCUT2D eigenvalue weighted by Gasteiger charge is 2.04. The van der Waals surface area contributed by atoms with Crippen LogP contribution >= 0.6 is 0 Å². The van der Waals surface area contributed by atoms with Crippen molar-refractivity contribution in [2.75, 3.05) is 11.1 Å². The predicted molar refractivity (Wildman–Crippen MR) is 87.6 cm³/mol. The number of nitrogens with two attached hydrogens (primary N) is 1. The summed E-state index contributed by atoms with van der Waals surface area (Å²) in [4.78, 5) is 4.01. The number of anilines is 3. The lowest BCUT2D eigenvalue weighted by molar-refractivity contribution is 1.19. The van der Waals surface area contributed by atoms with Crippen LogP contribution in [0.4, 0.5) is 17.2 Å². The SMILES string of the molecule is Nc1cc(Nc2ccccc2Cc2ccccc2)ccn1. The van der Waals surface area contributed by atoms with Crippen molar-refractivity contribution in [1.29, 1.82) is 0 Å². The number of pyridine rings is 1. The third-order valence-corrected chi connectivity index (χ3v) is 3.31. The summed E-state index contributed by atoms with van der Waals surface area (Å²) in [7, 11) is 0. The van der Waals surface area contributed by atoms with Crippen molar-refractivity contribution >= 4 is 17.2 Å². The van der Waals surface area contributed by atoms with E-state index in [1.54, 1.807) is 6.20 Å². The Morgan fingerprint density at radius 2 is 1.67 bits per heavy atom. The monoisotopic (exact) mass is 275 g/mol. The van der Waals surface area contributed by atoms with Gasteiger partial charge in [0.05, 0.1) is 0 Å². The van der Waals surface area contributed by atoms with E-state index in [1.807, 2.05) is 24.3 Å². The maximum Gasteiger partial charge on any atom is 0.125 e. The molecule has 1 heterocycles. The molecule has 0 aliphatic rings. The number of nitrogens with zero attached hydrogens (tertiary/aromatic N) is 1. The van der Waals surface area contributed by atoms with Gasteiger partial charge in [-0.15, -0.1) is 0 Å². The van der Waals surface area contributed by atoms with Crippen LogP contribution in [0.25, 0.3) is 0 Å². The van der Waals surface area contributed by atoms with Crippen LogP contribution in [0.3, 0.4) is 0 Å². The predicted octanol–water partition coefficient (Wildman–Crippen LogP) is 4.00. The van der Waals surface area contributed by atoms with E-state index in [4.69, 9.17) is 5.73 Å². The summed E-state index contributed by atoms with van der Waals surface area (Å²) < 4.78 is 0. The Hall–Kier alpha value is -2.81. The second kappa shape index (κ2) is 6.09. The summed E-state index contributed by atoms with van der Waals surface area (Å²) >= 11 is 0. The molecule has 2 aromatic carbocycles. The molecule has 0 aliphatic carbocycles. The van der Waals surface area contributed by atoms with Gasteiger partial charge in [0.25, 0.3) is 0 Å². The van der Waals surface area contributed by atoms with Crippen LogP contribution in [-0.2, 0) is 6.42 Å². The molecule has 3 N–H and O–H groups in total. The fraction of sp³-hybridized carbons (Fsp3) is 0.0556. The first-order valence-electron chi connectivity index (χ1n) is 6.91. The Labute approximate surface area is 124 Å². The van der Waals surface area contributed by atoms with E-state index in [2.05, 4.69) is 52.8 Å². The van der Waals surface area contributed by atoms with Gasteiger partial charge in [-0.2, -0.15) is 0 Å². The molecule has 0 aliphatic heterocycles. The molecule has 0 unspecified atom stereocenters. The standard InChI is InChI=1S/C18H17N3/c19-18-13-16(10-11-20-18)21-17-9-5-4-8-15(17)12-14-6-2-1-3-7-14/h1-11,13H,12H2,(H3,19,20,21). The fourth-order valence-corrected chi connectivity index (χ4v) is 2.29. The zero-order chi connectivity index (χ0) is 14.5. The molecule has 0 amide bonds. The zero-order valence-electron chi connectivity index (χ0n) is 11.7. The molecule has 3 aromatic rings. The van der Waals surface area contributed by atoms with E-state index in [-0.39, 0.29) is 0 Å². The van der Waals surface area contributed by atoms with Crippen LogP contribution in [0.2, 0.25) is 0 Å². The molecule has 1 aromatic heterocycles. The van der Waals surface area contributed by atoms with Crippen molar-refractivity contribution in [3.63, 3.8) is 0 Å². The van der Waals surface area contributed by atoms with Crippen molar-refractivity contribution in [1.82, 2.24) is 4.98 Å². The van der Waals surface area contributed by atoms with Gasteiger partial charge in [-0.25, -0.2) is 4.98 Å². The fourth-order valence-electron chi connectivity index (χ4n) is 2.29. The minimum atomic E-state index is 0.514. The molecule has 21 heavy (non-hydrogen) atoms. The highest BCUT2D eigenvalue weighted by Crippen LogP contribution is 2.23. The summed E-state index contributed by atoms with van der Waals surface area (Å²) in [5.41, 5.74) is 10.3. The van der Waals surface area contributed by atoms with E-state index in [0.717, 1.165) is 17.8 Å². The highest BCUT2D eigenvalue weighted by atomic mass is 14.9. The van der Waals surface area contributed by atoms with E-state index < -0.39 is 0 Å². The van der Waals surface area contributed by atoms with Crippen LogP contribution in [0.15, 0.2) is 72.9 Å². The molecule has 0 saturated heterocycles. The Balaban J connectivity index is 1.86. The van der Waals surface area contributed by atoms with Crippen molar-refractivity contribution in [2.45, 2.75) is 6.42 Å². The van der Waals surface area contributed by atoms with Crippen LogP contribution < -0.4 is 11.1 Å². The molecule has 104 valence electrons. The van der Waals surface area contributed by atoms with Crippen molar-refractivity contribution in [3.8, 4) is 0 Å². The van der Waals surface area contributed by atoms with E-state index in [1.165, 1.54) is 11.1 Å². The van der Waals surface area contributed by atoms with Gasteiger partial charge in [-0.05, 0) is 29.7 Å². The quantitative estimate of drug-likeness (QED) is 0.756. The Morgan fingerprint density at radius 3 is 2.48 bits per heavy atom. The first kappa shape index (κ1) is 13.2. The van der Waals surface area contributed by atoms with Crippen molar-refractivity contribution < 1.29 is 0 Å². The first-order chi connectivity index (χ1) is 10.3. The van der Waals surface area contributed by atoms with Gasteiger partial charge in [-0.3, -0.25) is 0 Å². The van der Waals surface area contributed by atoms with Crippen LogP contribution in [0, 0.1) is 0 Å². The van der Waals surface area contributed by atoms with Crippen molar-refractivity contribution in [3.05, 3.63) is 84.1 Å². The van der Waals surface area contributed by atoms with E-state index in [9.17, 15) is 0 Å². The van der Waals surface area contributed by atoms with Gasteiger partial charge in [0, 0.05) is 23.6 Å². The van der Waals surface area contributed by atoms with Gasteiger partial charge in [0.15, 0.2) is 0 Å². The number of para-hydroxylation sites is 1. The van der Waals surface area contributed by atoms with Gasteiger partial charge in [0.2, 0.25) is 0 Å². The minimum Gasteiger partial charge on any atom is -0.384 e. The largest absolute Gasteiger partial charge is 0.384 e. The summed E-state index contributed by atoms with van der Waals surface area (Å²) in [6, 6.07) is 22.5. The first-order valence-corrected chi connectivity index (χ1v) is 6.91. The van der Waals surface area contributed by atoms with Crippen LogP contribution in [0.1, 0.15) is 11.1 Å². The summed E-state index contributed by atoms with van der Waals surface area (Å²) in [5.74, 6) is 0.514. The summed E-state index contributed by atoms with van der Waals surface area (Å²) in [6.07, 6.45) is 2.60. The molecule has 0 bridgehead atoms. The third kappa shape index (κ3) is 3.39. The Morgan fingerprint density at radius 1 is 0.905 bits per heavy atom. The molecule has 3 heteroatoms. The molecular formula is C18H17N3. The molecular weight excluding hydrogens is 258 g/mol. The van der Waals surface area contributed by atoms with E-state index in [0.29, 0.717) is 5.82 Å². The second-order valence-electron chi connectivity index (χ2n) is 4.91. The minimum absolute atomic E-state index is 0.514. The highest BCUT2D eigenvalue weighted by molar-refractivity contribution is 5.65. The lowest BCUT2D eigenvalue weighted by atomic mass is 10.0. The molecule has 3 nitrogen and oxygen atoms in total. The van der Waals surface area contributed by atoms with E-state index >= 15 is 0 Å². The average molecular weight is 275 g/mol. The number of rotatable bonds is 4. The molecule has 0 saturated carbocycles. The molecule has 3 rings (SSSR count). The average Bonchev–Trinajstić information content (AvgIpc) is 2.50. The Kier molecular flexibility index (Phi) is 3.83. The lowest BCUT2D eigenvalue weighted by Gasteiger charge is -2.12. The molecule has 0 fully saturated rings. The van der Waals surface area contributed by atoms with Gasteiger partial charge in [0.1, 0.15) is 5.82 Å². The zero-order valence-corrected chi connectivity index (χ0v) is 11.7. The lowest BCUT2D eigenvalue weighted by Crippen LogP contribution is -1.98. The number of hydrogen-bond acceptors (Lipinski definition) is 3. The van der Waals surface area contributed by atoms with Gasteiger partial charge < -0.3 is 11.1 Å². The van der Waals surface area contributed by atoms with Crippen LogP contribution in [-0.4, -0.2) is 4.98 Å². The number of nitrogen functional groups attached to an aromatic ring is 1. The molecule has 0 spiro atoms. The smallest absolute Gasteiger partial charge is 0.125 e. The maximum atomic E-state index is 5.72.